The zero-order valence-corrected chi connectivity index (χ0v) is 52.2. The smallest absolute Gasteiger partial charge is 0.284 e. The van der Waals surface area contributed by atoms with Gasteiger partial charge in [0.2, 0.25) is 23.6 Å². The number of alkyl halides is 2. The fraction of sp³-hybridized carbons (Fsp3) is 0.507. The Bertz CT molecular complexity index is 3300. The number of aromatic nitrogens is 4. The molecule has 0 spiro atoms. The summed E-state index contributed by atoms with van der Waals surface area (Å²) in [5.41, 5.74) is 4.90. The number of nitrogens with one attached hydrogen (secondary N) is 5. The molecule has 0 radical (unpaired) electrons. The average molecular weight is 1250 g/mol. The normalized spacial score (nSPS) is 16.2. The van der Waals surface area contributed by atoms with E-state index in [4.69, 9.17) is 32.8 Å². The number of carbonyl (C=O) groups is 4. The van der Waals surface area contributed by atoms with E-state index in [1.165, 1.54) is 35.5 Å². The Morgan fingerprint density at radius 1 is 0.800 bits per heavy atom. The highest BCUT2D eigenvalue weighted by Gasteiger charge is 2.43. The van der Waals surface area contributed by atoms with Crippen molar-refractivity contribution in [3.8, 4) is 22.9 Å². The Kier molecular flexibility index (Phi) is 24.4. The number of pyridine rings is 1. The maximum absolute atomic E-state index is 14.7. The fourth-order valence-corrected chi connectivity index (χ4v) is 10.6. The molecule has 6 aromatic rings. The maximum atomic E-state index is 14.7. The van der Waals surface area contributed by atoms with Crippen LogP contribution in [-0.2, 0) is 64.0 Å². The third-order valence-electron chi connectivity index (χ3n) is 16.2. The summed E-state index contributed by atoms with van der Waals surface area (Å²) in [6.45, 7) is 16.1. The Hall–Kier alpha value is -7.67. The van der Waals surface area contributed by atoms with E-state index in [1.54, 1.807) is 35.4 Å². The maximum Gasteiger partial charge on any atom is 0.284 e. The van der Waals surface area contributed by atoms with Gasteiger partial charge in [-0.3, -0.25) is 19.2 Å². The summed E-state index contributed by atoms with van der Waals surface area (Å²) in [5, 5.41) is 19.6. The second kappa shape index (κ2) is 32.9. The molecule has 1 fully saturated rings. The van der Waals surface area contributed by atoms with E-state index >= 15 is 0 Å². The van der Waals surface area contributed by atoms with Crippen LogP contribution in [0.2, 0.25) is 0 Å². The minimum atomic E-state index is -2.94. The van der Waals surface area contributed by atoms with Crippen LogP contribution in [0.25, 0.3) is 17.1 Å². The van der Waals surface area contributed by atoms with E-state index in [0.717, 1.165) is 48.1 Å². The molecule has 1 saturated carbocycles. The van der Waals surface area contributed by atoms with Crippen molar-refractivity contribution in [2.24, 2.45) is 17.3 Å². The number of halogens is 2. The zero-order valence-electron chi connectivity index (χ0n) is 52.2. The van der Waals surface area contributed by atoms with Gasteiger partial charge in [0, 0.05) is 50.3 Å². The summed E-state index contributed by atoms with van der Waals surface area (Å²) in [6.07, 6.45) is 7.31. The Morgan fingerprint density at radius 2 is 1.50 bits per heavy atom. The predicted octanol–water partition coefficient (Wildman–Crippen LogP) is 9.21. The summed E-state index contributed by atoms with van der Waals surface area (Å²) in [6, 6.07) is 23.0. The number of rotatable bonds is 35. The van der Waals surface area contributed by atoms with Crippen LogP contribution in [0.4, 0.5) is 20.3 Å². The SMILES string of the molecule is CC[C@@H](C)C(=O)N[C@H](C(=O)N1Cc2cc(OCCOCCOCCOCCOCCOCCNCc3ccc(-n4cc(NC(=O)c5coc(-c6ccnc(NCC7CC7)c6)n5)c(C(F)F)n4)cc3)ccc2C[C@H]1C(=O)N[C@@H]1CCCc2ccccc21)C(C)(C)C. The Labute approximate surface area is 525 Å². The summed E-state index contributed by atoms with van der Waals surface area (Å²) in [5.74, 6) is 0.477. The lowest BCUT2D eigenvalue weighted by atomic mass is 9.83. The molecule has 3 aromatic carbocycles. The van der Waals surface area contributed by atoms with Crippen LogP contribution < -0.4 is 31.3 Å². The van der Waals surface area contributed by atoms with Gasteiger partial charge in [0.05, 0.1) is 89.7 Å². The highest BCUT2D eigenvalue weighted by Crippen LogP contribution is 2.35. The third kappa shape index (κ3) is 19.2. The molecule has 484 valence electrons. The van der Waals surface area contributed by atoms with Crippen molar-refractivity contribution in [1.29, 1.82) is 0 Å². The van der Waals surface area contributed by atoms with Gasteiger partial charge in [-0.25, -0.2) is 23.4 Å². The van der Waals surface area contributed by atoms with Crippen LogP contribution in [0, 0.1) is 17.3 Å². The van der Waals surface area contributed by atoms with Gasteiger partial charge in [-0.05, 0) is 114 Å². The highest BCUT2D eigenvalue weighted by atomic mass is 19.3. The van der Waals surface area contributed by atoms with E-state index in [0.29, 0.717) is 127 Å². The summed E-state index contributed by atoms with van der Waals surface area (Å²) in [4.78, 5) is 65.7. The number of carbonyl (C=O) groups excluding carboxylic acids is 4. The number of hydrogen-bond acceptors (Lipinski definition) is 16. The van der Waals surface area contributed by atoms with Crippen molar-refractivity contribution in [1.82, 2.24) is 40.6 Å². The molecule has 21 nitrogen and oxygen atoms in total. The molecule has 90 heavy (non-hydrogen) atoms. The van der Waals surface area contributed by atoms with Crippen molar-refractivity contribution >= 4 is 35.1 Å². The number of aryl methyl sites for hydroxylation is 1. The van der Waals surface area contributed by atoms with E-state index < -0.39 is 35.5 Å². The van der Waals surface area contributed by atoms with Gasteiger partial charge < -0.3 is 64.3 Å². The monoisotopic (exact) mass is 1240 g/mol. The molecular weight excluding hydrogens is 1160 g/mol. The van der Waals surface area contributed by atoms with Gasteiger partial charge in [-0.1, -0.05) is 77.1 Å². The second-order valence-corrected chi connectivity index (χ2v) is 24.1. The molecule has 5 N–H and O–H groups in total. The van der Waals surface area contributed by atoms with Crippen molar-refractivity contribution in [3.05, 3.63) is 137 Å². The zero-order chi connectivity index (χ0) is 63.4. The lowest BCUT2D eigenvalue weighted by Crippen LogP contribution is -2.61. The number of hydrogen-bond donors (Lipinski definition) is 5. The second-order valence-electron chi connectivity index (χ2n) is 24.1. The first-order chi connectivity index (χ1) is 43.6. The molecule has 4 heterocycles. The number of oxazole rings is 1. The number of nitrogens with zero attached hydrogens (tertiary/aromatic N) is 5. The molecule has 2 aliphatic carbocycles. The van der Waals surface area contributed by atoms with Crippen LogP contribution in [0.1, 0.15) is 123 Å². The third-order valence-corrected chi connectivity index (χ3v) is 16.2. The summed E-state index contributed by atoms with van der Waals surface area (Å²) < 4.78 is 69.5. The van der Waals surface area contributed by atoms with Gasteiger partial charge in [-0.15, -0.1) is 0 Å². The average Bonchev–Trinajstić information content (AvgIpc) is 1.21. The summed E-state index contributed by atoms with van der Waals surface area (Å²) >= 11 is 0. The van der Waals surface area contributed by atoms with Crippen molar-refractivity contribution in [2.75, 3.05) is 96.4 Å². The van der Waals surface area contributed by atoms with Crippen LogP contribution >= 0.6 is 0 Å². The van der Waals surface area contributed by atoms with Crippen molar-refractivity contribution < 1.29 is 60.8 Å². The quantitative estimate of drug-likeness (QED) is 0.0233. The number of ether oxygens (including phenoxy) is 6. The van der Waals surface area contributed by atoms with Gasteiger partial charge >= 0.3 is 0 Å². The Balaban J connectivity index is 0.601. The van der Waals surface area contributed by atoms with E-state index in [1.807, 2.05) is 77.1 Å². The fourth-order valence-electron chi connectivity index (χ4n) is 10.6. The lowest BCUT2D eigenvalue weighted by Gasteiger charge is -2.42. The largest absolute Gasteiger partial charge is 0.491 e. The molecule has 0 bridgehead atoms. The van der Waals surface area contributed by atoms with Crippen LogP contribution in [0.15, 0.2) is 102 Å². The van der Waals surface area contributed by atoms with Crippen LogP contribution in [0.3, 0.4) is 0 Å². The molecule has 3 aliphatic rings. The molecule has 3 aromatic heterocycles. The number of fused-ring (bicyclic) bond motifs is 2. The van der Waals surface area contributed by atoms with Crippen LogP contribution in [-0.4, -0.2) is 146 Å². The van der Waals surface area contributed by atoms with Crippen molar-refractivity contribution in [2.45, 2.75) is 117 Å². The molecule has 1 aliphatic heterocycles. The molecule has 4 atom stereocenters. The number of benzene rings is 3. The standard InChI is InChI=1S/C67H86F2N10O11/c1-6-44(2)62(80)76-60(67(3,4)5)66(83)78-41-50-36-52(21-18-48(50)37-57(78)64(82)73-54-13-9-11-47-10-7-8-12-53(47)54)89-35-34-88-33-32-87-31-30-86-29-28-85-27-26-84-25-24-70-39-45-16-19-51(20-17-45)79-42-55(59(77-79)61(68)69)74-63(81)56-43-90-65(75-56)49-22-23-71-58(38-49)72-40-46-14-15-46/h7-8,10,12,16-23,36,38,42-44,46,54,57,60-61,70H,6,9,11,13-15,24-35,37,39-41H2,1-5H3,(H,71,72)(H,73,82)(H,74,81)(H,76,80)/t44-,54-,57+,60-/m1/s1. The first kappa shape index (κ1) is 66.7. The van der Waals surface area contributed by atoms with Crippen LogP contribution in [0.5, 0.6) is 5.75 Å². The predicted molar refractivity (Wildman–Crippen MR) is 334 cm³/mol. The van der Waals surface area contributed by atoms with E-state index in [9.17, 15) is 28.0 Å². The minimum absolute atomic E-state index is 0.0743. The lowest BCUT2D eigenvalue weighted by molar-refractivity contribution is -0.147. The van der Waals surface area contributed by atoms with Gasteiger partial charge in [0.25, 0.3) is 12.3 Å². The Morgan fingerprint density at radius 3 is 2.19 bits per heavy atom. The molecule has 4 amide bonds. The minimum Gasteiger partial charge on any atom is -0.491 e. The molecular formula is C67H86F2N10O11. The highest BCUT2D eigenvalue weighted by molar-refractivity contribution is 6.03. The molecule has 9 rings (SSSR count). The molecule has 23 heteroatoms. The molecule has 0 saturated heterocycles. The van der Waals surface area contributed by atoms with E-state index in [2.05, 4.69) is 53.8 Å². The topological polar surface area (TPSA) is 244 Å². The van der Waals surface area contributed by atoms with Gasteiger partial charge in [-0.2, -0.15) is 5.10 Å². The van der Waals surface area contributed by atoms with E-state index in [-0.39, 0.29) is 53.5 Å². The first-order valence-corrected chi connectivity index (χ1v) is 31.4. The molecule has 0 unspecified atom stereocenters. The number of anilines is 2. The van der Waals surface area contributed by atoms with Gasteiger partial charge in [0.1, 0.15) is 36.5 Å². The van der Waals surface area contributed by atoms with Gasteiger partial charge in [0.15, 0.2) is 11.4 Å². The van der Waals surface area contributed by atoms with Crippen molar-refractivity contribution in [3.63, 3.8) is 0 Å². The first-order valence-electron chi connectivity index (χ1n) is 31.4. The number of amides is 4. The summed E-state index contributed by atoms with van der Waals surface area (Å²) in [7, 11) is 0.